The number of likely N-dealkylation sites (N-methyl/N-ethyl adjacent to an activating group) is 1. The summed E-state index contributed by atoms with van der Waals surface area (Å²) in [4.78, 5) is 0. The van der Waals surface area contributed by atoms with Crippen LogP contribution in [0.3, 0.4) is 0 Å². The van der Waals surface area contributed by atoms with Gasteiger partial charge in [-0.25, -0.2) is 4.39 Å². The third-order valence-electron chi connectivity index (χ3n) is 4.76. The molecule has 0 spiro atoms. The molecule has 19 heavy (non-hydrogen) atoms. The van der Waals surface area contributed by atoms with E-state index in [1.54, 1.807) is 6.07 Å². The highest BCUT2D eigenvalue weighted by atomic mass is 35.5. The van der Waals surface area contributed by atoms with E-state index in [1.807, 2.05) is 6.07 Å². The Bertz CT molecular complexity index is 452. The van der Waals surface area contributed by atoms with Crippen molar-refractivity contribution in [3.05, 3.63) is 34.6 Å². The molecule has 3 rings (SSSR count). The Morgan fingerprint density at radius 2 is 2.05 bits per heavy atom. The molecule has 3 unspecified atom stereocenters. The molecule has 0 amide bonds. The summed E-state index contributed by atoms with van der Waals surface area (Å²) in [5.41, 5.74) is 1.14. The van der Waals surface area contributed by atoms with Gasteiger partial charge in [-0.2, -0.15) is 0 Å². The zero-order valence-electron chi connectivity index (χ0n) is 11.3. The second-order valence-corrected chi connectivity index (χ2v) is 6.51. The monoisotopic (exact) mass is 281 g/mol. The first-order valence-electron chi connectivity index (χ1n) is 7.34. The van der Waals surface area contributed by atoms with Crippen molar-refractivity contribution in [1.29, 1.82) is 0 Å². The molecular formula is C16H21ClFN. The van der Waals surface area contributed by atoms with Gasteiger partial charge in [0, 0.05) is 6.04 Å². The average molecular weight is 282 g/mol. The molecular weight excluding hydrogens is 261 g/mol. The van der Waals surface area contributed by atoms with Crippen LogP contribution in [0.1, 0.15) is 31.7 Å². The molecule has 0 bridgehead atoms. The van der Waals surface area contributed by atoms with E-state index in [2.05, 4.69) is 12.2 Å². The highest BCUT2D eigenvalue weighted by molar-refractivity contribution is 6.30. The molecule has 104 valence electrons. The normalized spacial score (nSPS) is 30.2. The van der Waals surface area contributed by atoms with Crippen molar-refractivity contribution in [3.8, 4) is 0 Å². The van der Waals surface area contributed by atoms with E-state index in [0.29, 0.717) is 6.04 Å². The number of nitrogens with one attached hydrogen (secondary N) is 1. The number of rotatable bonds is 5. The predicted octanol–water partition coefficient (Wildman–Crippen LogP) is 4.05. The summed E-state index contributed by atoms with van der Waals surface area (Å²) in [7, 11) is 0. The van der Waals surface area contributed by atoms with Gasteiger partial charge in [-0.3, -0.25) is 0 Å². The maximum Gasteiger partial charge on any atom is 0.141 e. The molecule has 1 nitrogen and oxygen atoms in total. The molecule has 0 saturated heterocycles. The number of hydrogen-bond acceptors (Lipinski definition) is 1. The minimum absolute atomic E-state index is 0.238. The zero-order valence-corrected chi connectivity index (χ0v) is 12.1. The summed E-state index contributed by atoms with van der Waals surface area (Å²) in [6, 6.07) is 5.63. The fraction of sp³-hybridized carbons (Fsp3) is 0.625. The van der Waals surface area contributed by atoms with Gasteiger partial charge in [-0.1, -0.05) is 24.6 Å². The number of fused-ring (bicyclic) bond motifs is 1. The highest BCUT2D eigenvalue weighted by Crippen LogP contribution is 2.55. The fourth-order valence-electron chi connectivity index (χ4n) is 3.68. The van der Waals surface area contributed by atoms with E-state index in [0.717, 1.165) is 36.3 Å². The Balaban J connectivity index is 1.68. The van der Waals surface area contributed by atoms with E-state index < -0.39 is 0 Å². The lowest BCUT2D eigenvalue weighted by Gasteiger charge is -2.26. The van der Waals surface area contributed by atoms with Crippen molar-refractivity contribution in [2.75, 3.05) is 6.54 Å². The summed E-state index contributed by atoms with van der Waals surface area (Å²) in [6.07, 6.45) is 5.16. The van der Waals surface area contributed by atoms with Crippen molar-refractivity contribution in [1.82, 2.24) is 5.32 Å². The van der Waals surface area contributed by atoms with Gasteiger partial charge < -0.3 is 5.32 Å². The fourth-order valence-corrected chi connectivity index (χ4v) is 3.88. The molecule has 1 aromatic rings. The Morgan fingerprint density at radius 1 is 1.32 bits per heavy atom. The lowest BCUT2D eigenvalue weighted by molar-refractivity contribution is 0.337. The van der Waals surface area contributed by atoms with E-state index in [4.69, 9.17) is 11.6 Å². The number of benzene rings is 1. The van der Waals surface area contributed by atoms with Crippen LogP contribution in [0.25, 0.3) is 0 Å². The number of hydrogen-bond donors (Lipinski definition) is 1. The third kappa shape index (κ3) is 2.95. The molecule has 3 heteroatoms. The van der Waals surface area contributed by atoms with Gasteiger partial charge in [0.2, 0.25) is 0 Å². The standard InChI is InChI=1S/C16H21ClFN/c1-2-19-16(13-8-11-7-12(11)9-13)6-10-3-4-15(18)14(17)5-10/h3-5,11-13,16,19H,2,6-9H2,1H3. The first-order valence-corrected chi connectivity index (χ1v) is 7.72. The van der Waals surface area contributed by atoms with Gasteiger partial charge in [-0.05, 0) is 67.7 Å². The van der Waals surface area contributed by atoms with Crippen LogP contribution >= 0.6 is 11.6 Å². The Morgan fingerprint density at radius 3 is 2.68 bits per heavy atom. The largest absolute Gasteiger partial charge is 0.314 e. The summed E-state index contributed by atoms with van der Waals surface area (Å²) in [5.74, 6) is 2.46. The van der Waals surface area contributed by atoms with Crippen molar-refractivity contribution < 1.29 is 4.39 Å². The second-order valence-electron chi connectivity index (χ2n) is 6.10. The minimum atomic E-state index is -0.326. The molecule has 3 atom stereocenters. The lowest BCUT2D eigenvalue weighted by atomic mass is 9.89. The first-order chi connectivity index (χ1) is 9.17. The quantitative estimate of drug-likeness (QED) is 0.859. The van der Waals surface area contributed by atoms with E-state index in [1.165, 1.54) is 25.3 Å². The Hall–Kier alpha value is -0.600. The van der Waals surface area contributed by atoms with Crippen LogP contribution in [0.4, 0.5) is 4.39 Å². The van der Waals surface area contributed by atoms with E-state index in [9.17, 15) is 4.39 Å². The van der Waals surface area contributed by atoms with Gasteiger partial charge in [-0.15, -0.1) is 0 Å². The van der Waals surface area contributed by atoms with E-state index >= 15 is 0 Å². The third-order valence-corrected chi connectivity index (χ3v) is 5.04. The second kappa shape index (κ2) is 5.41. The molecule has 1 N–H and O–H groups in total. The van der Waals surface area contributed by atoms with Crippen LogP contribution < -0.4 is 5.32 Å². The average Bonchev–Trinajstić information content (AvgIpc) is 3.00. The van der Waals surface area contributed by atoms with Gasteiger partial charge in [0.15, 0.2) is 0 Å². The predicted molar refractivity (Wildman–Crippen MR) is 76.9 cm³/mol. The van der Waals surface area contributed by atoms with Crippen LogP contribution in [0.15, 0.2) is 18.2 Å². The van der Waals surface area contributed by atoms with Crippen LogP contribution in [-0.4, -0.2) is 12.6 Å². The summed E-state index contributed by atoms with van der Waals surface area (Å²) >= 11 is 5.87. The van der Waals surface area contributed by atoms with Crippen molar-refractivity contribution >= 4 is 11.6 Å². The molecule has 0 aromatic heterocycles. The van der Waals surface area contributed by atoms with Crippen LogP contribution in [0.5, 0.6) is 0 Å². The maximum atomic E-state index is 13.2. The Kier molecular flexibility index (Phi) is 3.81. The highest BCUT2D eigenvalue weighted by Gasteiger charge is 2.47. The van der Waals surface area contributed by atoms with Gasteiger partial charge >= 0.3 is 0 Å². The van der Waals surface area contributed by atoms with Crippen molar-refractivity contribution in [2.45, 2.75) is 38.6 Å². The van der Waals surface area contributed by atoms with Gasteiger partial charge in [0.1, 0.15) is 5.82 Å². The smallest absolute Gasteiger partial charge is 0.141 e. The van der Waals surface area contributed by atoms with Crippen LogP contribution in [0.2, 0.25) is 5.02 Å². The van der Waals surface area contributed by atoms with Crippen LogP contribution in [-0.2, 0) is 6.42 Å². The van der Waals surface area contributed by atoms with Gasteiger partial charge in [0.05, 0.1) is 5.02 Å². The summed E-state index contributed by atoms with van der Waals surface area (Å²) in [5, 5.41) is 3.85. The first kappa shape index (κ1) is 13.4. The molecule has 1 aromatic carbocycles. The summed E-state index contributed by atoms with van der Waals surface area (Å²) in [6.45, 7) is 3.14. The van der Waals surface area contributed by atoms with Gasteiger partial charge in [0.25, 0.3) is 0 Å². The molecule has 0 aliphatic heterocycles. The maximum absolute atomic E-state index is 13.2. The van der Waals surface area contributed by atoms with Crippen LogP contribution in [0, 0.1) is 23.6 Å². The lowest BCUT2D eigenvalue weighted by Crippen LogP contribution is -2.37. The van der Waals surface area contributed by atoms with E-state index in [-0.39, 0.29) is 10.8 Å². The molecule has 2 fully saturated rings. The summed E-state index contributed by atoms with van der Waals surface area (Å²) < 4.78 is 13.2. The Labute approximate surface area is 119 Å². The van der Waals surface area contributed by atoms with Crippen molar-refractivity contribution in [3.63, 3.8) is 0 Å². The zero-order chi connectivity index (χ0) is 13.4. The molecule has 2 aliphatic carbocycles. The topological polar surface area (TPSA) is 12.0 Å². The number of halogens is 2. The molecule has 0 heterocycles. The van der Waals surface area contributed by atoms with Crippen molar-refractivity contribution in [2.24, 2.45) is 17.8 Å². The molecule has 2 saturated carbocycles. The minimum Gasteiger partial charge on any atom is -0.314 e. The molecule has 2 aliphatic rings. The SMILES string of the molecule is CCNC(Cc1ccc(F)c(Cl)c1)C1CC2CC2C1. The molecule has 0 radical (unpaired) electrons.